The van der Waals surface area contributed by atoms with Gasteiger partial charge in [-0.2, -0.15) is 0 Å². The Morgan fingerprint density at radius 1 is 1.37 bits per heavy atom. The second-order valence-electron chi connectivity index (χ2n) is 4.18. The van der Waals surface area contributed by atoms with Gasteiger partial charge in [0.25, 0.3) is 0 Å². The minimum Gasteiger partial charge on any atom is -0.333 e. The first-order chi connectivity index (χ1) is 9.15. The largest absolute Gasteiger partial charge is 0.333 e. The Morgan fingerprint density at radius 2 is 2.21 bits per heavy atom. The van der Waals surface area contributed by atoms with Crippen molar-refractivity contribution in [1.82, 2.24) is 10.6 Å². The van der Waals surface area contributed by atoms with Crippen LogP contribution in [0.2, 0.25) is 5.02 Å². The van der Waals surface area contributed by atoms with Crippen molar-refractivity contribution in [3.05, 3.63) is 57.2 Å². The van der Waals surface area contributed by atoms with Crippen molar-refractivity contribution in [2.75, 3.05) is 0 Å². The van der Waals surface area contributed by atoms with Crippen LogP contribution >= 0.6 is 22.9 Å². The number of hydrogen-bond donors (Lipinski definition) is 2. The maximum Gasteiger partial charge on any atom is 0.315 e. The number of hydrogen-bond acceptors (Lipinski definition) is 2. The monoisotopic (exact) mass is 294 g/mol. The minimum atomic E-state index is -0.180. The molecule has 1 unspecified atom stereocenters. The zero-order chi connectivity index (χ0) is 13.7. The SMILES string of the molecule is CC(NC(=O)NCc1cccs1)c1cccc(Cl)c1. The van der Waals surface area contributed by atoms with Gasteiger partial charge in [-0.05, 0) is 36.1 Å². The molecule has 100 valence electrons. The topological polar surface area (TPSA) is 41.1 Å². The van der Waals surface area contributed by atoms with E-state index in [1.807, 2.05) is 48.7 Å². The van der Waals surface area contributed by atoms with Gasteiger partial charge < -0.3 is 10.6 Å². The third kappa shape index (κ3) is 4.26. The lowest BCUT2D eigenvalue weighted by Crippen LogP contribution is -2.36. The number of amides is 2. The lowest BCUT2D eigenvalue weighted by molar-refractivity contribution is 0.237. The molecule has 1 aromatic heterocycles. The molecule has 0 aliphatic heterocycles. The molecule has 5 heteroatoms. The predicted octanol–water partition coefficient (Wildman–Crippen LogP) is 3.96. The van der Waals surface area contributed by atoms with Crippen LogP contribution in [-0.2, 0) is 6.54 Å². The highest BCUT2D eigenvalue weighted by atomic mass is 35.5. The fourth-order valence-corrected chi connectivity index (χ4v) is 2.53. The van der Waals surface area contributed by atoms with E-state index in [-0.39, 0.29) is 12.1 Å². The van der Waals surface area contributed by atoms with Gasteiger partial charge in [0.05, 0.1) is 12.6 Å². The van der Waals surface area contributed by atoms with Crippen molar-refractivity contribution in [3.8, 4) is 0 Å². The third-order valence-electron chi connectivity index (χ3n) is 2.70. The van der Waals surface area contributed by atoms with Crippen molar-refractivity contribution in [2.24, 2.45) is 0 Å². The minimum absolute atomic E-state index is 0.0814. The van der Waals surface area contributed by atoms with Crippen molar-refractivity contribution in [2.45, 2.75) is 19.5 Å². The summed E-state index contributed by atoms with van der Waals surface area (Å²) in [6.07, 6.45) is 0. The number of halogens is 1. The lowest BCUT2D eigenvalue weighted by Gasteiger charge is -2.15. The van der Waals surface area contributed by atoms with Gasteiger partial charge in [0, 0.05) is 9.90 Å². The summed E-state index contributed by atoms with van der Waals surface area (Å²) in [5.74, 6) is 0. The van der Waals surface area contributed by atoms with E-state index in [9.17, 15) is 4.79 Å². The first-order valence-electron chi connectivity index (χ1n) is 5.97. The standard InChI is InChI=1S/C14H15ClN2OS/c1-10(11-4-2-5-12(15)8-11)17-14(18)16-9-13-6-3-7-19-13/h2-8,10H,9H2,1H3,(H2,16,17,18). The highest BCUT2D eigenvalue weighted by Crippen LogP contribution is 2.17. The van der Waals surface area contributed by atoms with Crippen LogP contribution in [0.3, 0.4) is 0 Å². The van der Waals surface area contributed by atoms with Crippen LogP contribution in [0, 0.1) is 0 Å². The van der Waals surface area contributed by atoms with E-state index in [1.54, 1.807) is 11.3 Å². The lowest BCUT2D eigenvalue weighted by atomic mass is 10.1. The quantitative estimate of drug-likeness (QED) is 0.880. The maximum absolute atomic E-state index is 11.8. The molecule has 0 radical (unpaired) electrons. The van der Waals surface area contributed by atoms with Crippen LogP contribution < -0.4 is 10.6 Å². The summed E-state index contributed by atoms with van der Waals surface area (Å²) >= 11 is 7.55. The van der Waals surface area contributed by atoms with Gasteiger partial charge >= 0.3 is 6.03 Å². The van der Waals surface area contributed by atoms with Crippen LogP contribution in [0.4, 0.5) is 4.79 Å². The van der Waals surface area contributed by atoms with Crippen LogP contribution in [0.15, 0.2) is 41.8 Å². The predicted molar refractivity (Wildman–Crippen MR) is 79.6 cm³/mol. The van der Waals surface area contributed by atoms with Crippen LogP contribution in [0.5, 0.6) is 0 Å². The molecule has 0 saturated carbocycles. The number of nitrogens with one attached hydrogen (secondary N) is 2. The van der Waals surface area contributed by atoms with Gasteiger partial charge in [0.15, 0.2) is 0 Å². The average Bonchev–Trinajstić information content (AvgIpc) is 2.89. The summed E-state index contributed by atoms with van der Waals surface area (Å²) in [4.78, 5) is 12.9. The molecule has 0 bridgehead atoms. The van der Waals surface area contributed by atoms with Crippen LogP contribution in [0.25, 0.3) is 0 Å². The molecule has 2 N–H and O–H groups in total. The normalized spacial score (nSPS) is 11.9. The molecule has 0 fully saturated rings. The van der Waals surface area contributed by atoms with E-state index >= 15 is 0 Å². The maximum atomic E-state index is 11.8. The molecule has 1 aromatic carbocycles. The Labute approximate surface area is 121 Å². The Morgan fingerprint density at radius 3 is 2.89 bits per heavy atom. The van der Waals surface area contributed by atoms with E-state index in [2.05, 4.69) is 10.6 Å². The van der Waals surface area contributed by atoms with Gasteiger partial charge in [0.1, 0.15) is 0 Å². The highest BCUT2D eigenvalue weighted by Gasteiger charge is 2.09. The fourth-order valence-electron chi connectivity index (χ4n) is 1.69. The van der Waals surface area contributed by atoms with Gasteiger partial charge in [-0.3, -0.25) is 0 Å². The molecule has 2 amide bonds. The number of carbonyl (C=O) groups excluding carboxylic acids is 1. The molecule has 19 heavy (non-hydrogen) atoms. The Hall–Kier alpha value is -1.52. The van der Waals surface area contributed by atoms with E-state index in [0.29, 0.717) is 11.6 Å². The first kappa shape index (κ1) is 13.9. The summed E-state index contributed by atoms with van der Waals surface area (Å²) in [5.41, 5.74) is 0.985. The molecule has 2 rings (SSSR count). The fraction of sp³-hybridized carbons (Fsp3) is 0.214. The van der Waals surface area contributed by atoms with Gasteiger partial charge in [-0.25, -0.2) is 4.79 Å². The Balaban J connectivity index is 1.84. The zero-order valence-electron chi connectivity index (χ0n) is 10.5. The second kappa shape index (κ2) is 6.59. The first-order valence-corrected chi connectivity index (χ1v) is 7.23. The number of rotatable bonds is 4. The summed E-state index contributed by atoms with van der Waals surface area (Å²) in [5, 5.41) is 8.37. The molecule has 1 atom stereocenters. The Kier molecular flexibility index (Phi) is 4.82. The van der Waals surface area contributed by atoms with Crippen molar-refractivity contribution in [3.63, 3.8) is 0 Å². The molecular formula is C14H15ClN2OS. The Bertz CT molecular complexity index is 542. The molecule has 0 aliphatic rings. The van der Waals surface area contributed by atoms with Crippen molar-refractivity contribution in [1.29, 1.82) is 0 Å². The average molecular weight is 295 g/mol. The molecular weight excluding hydrogens is 280 g/mol. The highest BCUT2D eigenvalue weighted by molar-refractivity contribution is 7.09. The summed E-state index contributed by atoms with van der Waals surface area (Å²) in [6.45, 7) is 2.47. The van der Waals surface area contributed by atoms with E-state index in [4.69, 9.17) is 11.6 Å². The molecule has 1 heterocycles. The summed E-state index contributed by atoms with van der Waals surface area (Å²) in [6, 6.07) is 11.2. The van der Waals surface area contributed by atoms with E-state index < -0.39 is 0 Å². The molecule has 2 aromatic rings. The molecule has 0 aliphatic carbocycles. The van der Waals surface area contributed by atoms with E-state index in [1.165, 1.54) is 0 Å². The number of thiophene rings is 1. The number of benzene rings is 1. The second-order valence-corrected chi connectivity index (χ2v) is 5.65. The van der Waals surface area contributed by atoms with Gasteiger partial charge in [-0.1, -0.05) is 29.8 Å². The van der Waals surface area contributed by atoms with Crippen LogP contribution in [-0.4, -0.2) is 6.03 Å². The van der Waals surface area contributed by atoms with Crippen molar-refractivity contribution >= 4 is 29.0 Å². The summed E-state index contributed by atoms with van der Waals surface area (Å²) < 4.78 is 0. The summed E-state index contributed by atoms with van der Waals surface area (Å²) in [7, 11) is 0. The smallest absolute Gasteiger partial charge is 0.315 e. The number of urea groups is 1. The van der Waals surface area contributed by atoms with Crippen molar-refractivity contribution < 1.29 is 4.79 Å². The van der Waals surface area contributed by atoms with E-state index in [0.717, 1.165) is 10.4 Å². The molecule has 0 spiro atoms. The molecule has 3 nitrogen and oxygen atoms in total. The van der Waals surface area contributed by atoms with Crippen LogP contribution in [0.1, 0.15) is 23.4 Å². The molecule has 0 saturated heterocycles. The van der Waals surface area contributed by atoms with Gasteiger partial charge in [-0.15, -0.1) is 11.3 Å². The van der Waals surface area contributed by atoms with Gasteiger partial charge in [0.2, 0.25) is 0 Å². The third-order valence-corrected chi connectivity index (χ3v) is 3.81. The number of carbonyl (C=O) groups is 1. The zero-order valence-corrected chi connectivity index (χ0v) is 12.1.